The molecule has 104 valence electrons. The molecule has 1 atom stereocenters. The molecule has 2 amide bonds. The van der Waals surface area contributed by atoms with E-state index in [1.54, 1.807) is 13.0 Å². The number of hydrogen-bond donors (Lipinski definition) is 2. The normalized spacial score (nSPS) is 18.8. The number of aromatic nitrogens is 1. The zero-order valence-electron chi connectivity index (χ0n) is 10.4. The minimum absolute atomic E-state index is 0. The zero-order valence-corrected chi connectivity index (χ0v) is 12.0. The fourth-order valence-corrected chi connectivity index (χ4v) is 2.59. The number of halogens is 2. The number of rotatable bonds is 2. The van der Waals surface area contributed by atoms with Gasteiger partial charge in [-0.2, -0.15) is 0 Å². The van der Waals surface area contributed by atoms with Crippen molar-refractivity contribution in [3.05, 3.63) is 28.0 Å². The summed E-state index contributed by atoms with van der Waals surface area (Å²) in [6, 6.07) is 1.67. The second-order valence-electron chi connectivity index (χ2n) is 4.30. The van der Waals surface area contributed by atoms with Gasteiger partial charge in [-0.3, -0.25) is 19.9 Å². The second kappa shape index (κ2) is 6.32. The number of hydrogen-bond acceptors (Lipinski definition) is 4. The van der Waals surface area contributed by atoms with Crippen molar-refractivity contribution in [2.75, 3.05) is 0 Å². The SMILES string of the molecule is Cc1nc(CN)cc(Cl)c1C1CCC(=O)NC1=O.Cl. The molecule has 3 N–H and O–H groups in total. The molecule has 1 saturated heterocycles. The summed E-state index contributed by atoms with van der Waals surface area (Å²) in [5, 5.41) is 2.81. The number of nitrogens with zero attached hydrogens (tertiary/aromatic N) is 1. The van der Waals surface area contributed by atoms with Gasteiger partial charge in [-0.1, -0.05) is 11.6 Å². The molecule has 1 aliphatic rings. The lowest BCUT2D eigenvalue weighted by Gasteiger charge is -2.23. The molecule has 2 rings (SSSR count). The van der Waals surface area contributed by atoms with Crippen LogP contribution < -0.4 is 11.1 Å². The van der Waals surface area contributed by atoms with Gasteiger partial charge in [0.2, 0.25) is 11.8 Å². The fourth-order valence-electron chi connectivity index (χ4n) is 2.20. The van der Waals surface area contributed by atoms with Crippen molar-refractivity contribution < 1.29 is 9.59 Å². The number of aryl methyl sites for hydroxylation is 1. The molecule has 1 aromatic heterocycles. The lowest BCUT2D eigenvalue weighted by molar-refractivity contribution is -0.134. The van der Waals surface area contributed by atoms with E-state index in [4.69, 9.17) is 17.3 Å². The van der Waals surface area contributed by atoms with Gasteiger partial charge in [-0.05, 0) is 19.4 Å². The Morgan fingerprint density at radius 3 is 2.74 bits per heavy atom. The van der Waals surface area contributed by atoms with Crippen molar-refractivity contribution in [2.45, 2.75) is 32.2 Å². The standard InChI is InChI=1S/C12H14ClN3O2.ClH/c1-6-11(9(13)4-7(5-14)15-6)8-2-3-10(17)16-12(8)18;/h4,8H,2-3,5,14H2,1H3,(H,16,17,18);1H. The van der Waals surface area contributed by atoms with Gasteiger partial charge in [-0.15, -0.1) is 12.4 Å². The fraction of sp³-hybridized carbons (Fsp3) is 0.417. The Balaban J connectivity index is 0.00000180. The third-order valence-corrected chi connectivity index (χ3v) is 3.36. The molecule has 1 aliphatic heterocycles. The molecule has 0 aliphatic carbocycles. The van der Waals surface area contributed by atoms with E-state index < -0.39 is 5.92 Å². The summed E-state index contributed by atoms with van der Waals surface area (Å²) >= 11 is 6.19. The first-order chi connectivity index (χ1) is 8.52. The van der Waals surface area contributed by atoms with Gasteiger partial charge in [0, 0.05) is 29.2 Å². The maximum absolute atomic E-state index is 11.8. The minimum atomic E-state index is -0.408. The van der Waals surface area contributed by atoms with Crippen LogP contribution in [0.4, 0.5) is 0 Å². The summed E-state index contributed by atoms with van der Waals surface area (Å²) in [6.45, 7) is 2.10. The number of carbonyl (C=O) groups excluding carboxylic acids is 2. The average Bonchev–Trinajstić information content (AvgIpc) is 2.30. The van der Waals surface area contributed by atoms with E-state index in [2.05, 4.69) is 10.3 Å². The van der Waals surface area contributed by atoms with Gasteiger partial charge in [0.15, 0.2) is 0 Å². The Morgan fingerprint density at radius 1 is 1.53 bits per heavy atom. The van der Waals surface area contributed by atoms with Crippen LogP contribution in [0.5, 0.6) is 0 Å². The maximum Gasteiger partial charge on any atom is 0.234 e. The van der Waals surface area contributed by atoms with E-state index in [9.17, 15) is 9.59 Å². The van der Waals surface area contributed by atoms with Gasteiger partial charge in [0.05, 0.1) is 11.6 Å². The molecule has 19 heavy (non-hydrogen) atoms. The molecule has 0 radical (unpaired) electrons. The summed E-state index contributed by atoms with van der Waals surface area (Å²) in [6.07, 6.45) is 0.791. The number of nitrogens with two attached hydrogens (primary N) is 1. The molecular formula is C12H15Cl2N3O2. The van der Waals surface area contributed by atoms with E-state index in [0.29, 0.717) is 41.4 Å². The summed E-state index contributed by atoms with van der Waals surface area (Å²) in [5.41, 5.74) is 7.59. The largest absolute Gasteiger partial charge is 0.325 e. The smallest absolute Gasteiger partial charge is 0.234 e. The minimum Gasteiger partial charge on any atom is -0.325 e. The number of amides is 2. The van der Waals surface area contributed by atoms with Crippen LogP contribution >= 0.6 is 24.0 Å². The van der Waals surface area contributed by atoms with Crippen LogP contribution in [0.3, 0.4) is 0 Å². The van der Waals surface area contributed by atoms with Crippen molar-refractivity contribution in [1.82, 2.24) is 10.3 Å². The molecule has 0 saturated carbocycles. The highest BCUT2D eigenvalue weighted by Gasteiger charge is 2.31. The van der Waals surface area contributed by atoms with Gasteiger partial charge in [-0.25, -0.2) is 0 Å². The number of piperidine rings is 1. The molecule has 0 bridgehead atoms. The monoisotopic (exact) mass is 303 g/mol. The first-order valence-electron chi connectivity index (χ1n) is 5.72. The van der Waals surface area contributed by atoms with Crippen LogP contribution in [0.1, 0.15) is 35.7 Å². The van der Waals surface area contributed by atoms with E-state index in [1.165, 1.54) is 0 Å². The number of carbonyl (C=O) groups is 2. The molecule has 0 spiro atoms. The van der Waals surface area contributed by atoms with Gasteiger partial charge in [0.25, 0.3) is 0 Å². The van der Waals surface area contributed by atoms with Crippen molar-refractivity contribution >= 4 is 35.8 Å². The predicted molar refractivity (Wildman–Crippen MR) is 74.2 cm³/mol. The van der Waals surface area contributed by atoms with E-state index in [-0.39, 0.29) is 24.2 Å². The van der Waals surface area contributed by atoms with Crippen molar-refractivity contribution in [3.63, 3.8) is 0 Å². The Bertz CT molecular complexity index is 497. The van der Waals surface area contributed by atoms with E-state index in [0.717, 1.165) is 0 Å². The van der Waals surface area contributed by atoms with E-state index >= 15 is 0 Å². The second-order valence-corrected chi connectivity index (χ2v) is 4.71. The first kappa shape index (κ1) is 15.9. The summed E-state index contributed by atoms with van der Waals surface area (Å²) in [5.74, 6) is -0.954. The van der Waals surface area contributed by atoms with Crippen molar-refractivity contribution in [3.8, 4) is 0 Å². The average molecular weight is 304 g/mol. The molecule has 1 aromatic rings. The number of imide groups is 1. The van der Waals surface area contributed by atoms with Crippen LogP contribution in [-0.4, -0.2) is 16.8 Å². The number of pyridine rings is 1. The van der Waals surface area contributed by atoms with Crippen LogP contribution in [0.25, 0.3) is 0 Å². The summed E-state index contributed by atoms with van der Waals surface area (Å²) in [4.78, 5) is 27.3. The summed E-state index contributed by atoms with van der Waals surface area (Å²) in [7, 11) is 0. The Labute approximate surface area is 122 Å². The highest BCUT2D eigenvalue weighted by molar-refractivity contribution is 6.31. The molecule has 0 aromatic carbocycles. The highest BCUT2D eigenvalue weighted by atomic mass is 35.5. The third kappa shape index (κ3) is 3.23. The predicted octanol–water partition coefficient (Wildman–Crippen LogP) is 1.44. The molecule has 1 unspecified atom stereocenters. The van der Waals surface area contributed by atoms with Crippen LogP contribution in [-0.2, 0) is 16.1 Å². The van der Waals surface area contributed by atoms with E-state index in [1.807, 2.05) is 0 Å². The quantitative estimate of drug-likeness (QED) is 0.810. The van der Waals surface area contributed by atoms with Crippen molar-refractivity contribution in [1.29, 1.82) is 0 Å². The highest BCUT2D eigenvalue weighted by Crippen LogP contribution is 2.32. The Hall–Kier alpha value is -1.17. The van der Waals surface area contributed by atoms with Gasteiger partial charge in [0.1, 0.15) is 0 Å². The van der Waals surface area contributed by atoms with Crippen LogP contribution in [0.15, 0.2) is 6.07 Å². The van der Waals surface area contributed by atoms with Gasteiger partial charge >= 0.3 is 0 Å². The molecule has 5 nitrogen and oxygen atoms in total. The molecule has 2 heterocycles. The summed E-state index contributed by atoms with van der Waals surface area (Å²) < 4.78 is 0. The Morgan fingerprint density at radius 2 is 2.21 bits per heavy atom. The zero-order chi connectivity index (χ0) is 13.3. The van der Waals surface area contributed by atoms with Gasteiger partial charge < -0.3 is 5.73 Å². The third-order valence-electron chi connectivity index (χ3n) is 3.05. The maximum atomic E-state index is 11.8. The topological polar surface area (TPSA) is 85.1 Å². The molecule has 7 heteroatoms. The Kier molecular flexibility index (Phi) is 5.29. The molecular weight excluding hydrogens is 289 g/mol. The van der Waals surface area contributed by atoms with Crippen LogP contribution in [0, 0.1) is 6.92 Å². The lowest BCUT2D eigenvalue weighted by Crippen LogP contribution is -2.39. The first-order valence-corrected chi connectivity index (χ1v) is 6.10. The van der Waals surface area contributed by atoms with Crippen LogP contribution in [0.2, 0.25) is 5.02 Å². The number of nitrogens with one attached hydrogen (secondary N) is 1. The van der Waals surface area contributed by atoms with Crippen molar-refractivity contribution in [2.24, 2.45) is 5.73 Å². The molecule has 1 fully saturated rings. The lowest BCUT2D eigenvalue weighted by atomic mass is 9.89.